The Balaban J connectivity index is 2.39. The van der Waals surface area contributed by atoms with Crippen molar-refractivity contribution in [3.63, 3.8) is 0 Å². The predicted octanol–water partition coefficient (Wildman–Crippen LogP) is -0.894. The van der Waals surface area contributed by atoms with Crippen LogP contribution in [0.2, 0.25) is 0 Å². The van der Waals surface area contributed by atoms with Crippen LogP contribution in [-0.4, -0.2) is 30.8 Å². The van der Waals surface area contributed by atoms with Gasteiger partial charge in [-0.1, -0.05) is 0 Å². The maximum Gasteiger partial charge on any atom is 0.293 e. The number of aromatic nitrogens is 2. The van der Waals surface area contributed by atoms with Crippen LogP contribution in [0.1, 0.15) is 0 Å². The minimum absolute atomic E-state index is 0.351. The van der Waals surface area contributed by atoms with Gasteiger partial charge in [-0.15, -0.1) is 0 Å². The molecular weight excluding hydrogens is 144 g/mol. The van der Waals surface area contributed by atoms with Gasteiger partial charge in [-0.25, -0.2) is 0 Å². The number of hydrogen-bond donors (Lipinski definition) is 1. The van der Waals surface area contributed by atoms with Crippen LogP contribution in [0, 0.1) is 0 Å². The van der Waals surface area contributed by atoms with Crippen LogP contribution in [-0.2, 0) is 6.54 Å². The number of nitrogens with zero attached hydrogens (tertiary/aromatic N) is 3. The molecular formula is C6H13N4O+. The fourth-order valence-electron chi connectivity index (χ4n) is 0.701. The Bertz CT molecular complexity index is 220. The molecule has 0 bridgehead atoms. The van der Waals surface area contributed by atoms with E-state index in [-0.39, 0.29) is 0 Å². The van der Waals surface area contributed by atoms with Gasteiger partial charge < -0.3 is 10.6 Å². The summed E-state index contributed by atoms with van der Waals surface area (Å²) in [5.74, 6) is 0.351. The van der Waals surface area contributed by atoms with E-state index in [1.165, 1.54) is 0 Å². The van der Waals surface area contributed by atoms with E-state index in [2.05, 4.69) is 14.7 Å². The Morgan fingerprint density at radius 1 is 1.73 bits per heavy atom. The molecule has 62 valence electrons. The first-order chi connectivity index (χ1) is 5.18. The fraction of sp³-hybridized carbons (Fsp3) is 0.667. The highest BCUT2D eigenvalue weighted by molar-refractivity contribution is 5.11. The Morgan fingerprint density at radius 3 is 2.91 bits per heavy atom. The minimum atomic E-state index is 0.351. The zero-order chi connectivity index (χ0) is 8.27. The Labute approximate surface area is 65.4 Å². The molecule has 2 N–H and O–H groups in total. The third-order valence-electron chi connectivity index (χ3n) is 1.30. The van der Waals surface area contributed by atoms with Crippen molar-refractivity contribution in [2.45, 2.75) is 6.54 Å². The number of nitrogens with two attached hydrogens (primary N) is 1. The van der Waals surface area contributed by atoms with Crippen LogP contribution >= 0.6 is 0 Å². The molecule has 1 aromatic heterocycles. The van der Waals surface area contributed by atoms with Crippen LogP contribution in [0.15, 0.2) is 10.7 Å². The van der Waals surface area contributed by atoms with E-state index in [0.29, 0.717) is 5.88 Å². The molecule has 5 heteroatoms. The lowest BCUT2D eigenvalue weighted by molar-refractivity contribution is -0.761. The minimum Gasteiger partial charge on any atom is -0.362 e. The molecule has 0 atom stereocenters. The third-order valence-corrected chi connectivity index (χ3v) is 1.30. The van der Waals surface area contributed by atoms with Crippen LogP contribution in [0.4, 0.5) is 5.88 Å². The van der Waals surface area contributed by atoms with E-state index in [1.54, 1.807) is 10.9 Å². The zero-order valence-electron chi connectivity index (χ0n) is 6.82. The molecule has 0 aliphatic carbocycles. The molecule has 0 radical (unpaired) electrons. The SMILES string of the molecule is CN(C)CC[n+]1cc(N)on1. The van der Waals surface area contributed by atoms with E-state index in [1.807, 2.05) is 14.1 Å². The summed E-state index contributed by atoms with van der Waals surface area (Å²) in [7, 11) is 4.01. The average Bonchev–Trinajstić information content (AvgIpc) is 2.31. The largest absolute Gasteiger partial charge is 0.362 e. The first kappa shape index (κ1) is 8.00. The van der Waals surface area contributed by atoms with Gasteiger partial charge in [-0.3, -0.25) is 4.52 Å². The lowest BCUT2D eigenvalue weighted by Crippen LogP contribution is -2.39. The lowest BCUT2D eigenvalue weighted by Gasteiger charge is -2.02. The Kier molecular flexibility index (Phi) is 2.43. The van der Waals surface area contributed by atoms with Crippen molar-refractivity contribution in [3.05, 3.63) is 6.20 Å². The smallest absolute Gasteiger partial charge is 0.293 e. The van der Waals surface area contributed by atoms with Crippen molar-refractivity contribution < 1.29 is 9.20 Å². The highest BCUT2D eigenvalue weighted by atomic mass is 16.5. The van der Waals surface area contributed by atoms with Crippen molar-refractivity contribution in [1.82, 2.24) is 10.2 Å². The highest BCUT2D eigenvalue weighted by Gasteiger charge is 2.07. The highest BCUT2D eigenvalue weighted by Crippen LogP contribution is 1.89. The second kappa shape index (κ2) is 3.34. The summed E-state index contributed by atoms with van der Waals surface area (Å²) in [6, 6.07) is 0. The number of likely N-dealkylation sites (N-methyl/N-ethyl adjacent to an activating group) is 1. The average molecular weight is 157 g/mol. The van der Waals surface area contributed by atoms with Gasteiger partial charge in [0.15, 0.2) is 6.54 Å². The number of hydrogen-bond acceptors (Lipinski definition) is 4. The summed E-state index contributed by atoms with van der Waals surface area (Å²) in [4.78, 5) is 2.07. The molecule has 1 heterocycles. The van der Waals surface area contributed by atoms with E-state index >= 15 is 0 Å². The summed E-state index contributed by atoms with van der Waals surface area (Å²) >= 11 is 0. The summed E-state index contributed by atoms with van der Waals surface area (Å²) in [5.41, 5.74) is 5.32. The normalized spacial score (nSPS) is 10.8. The van der Waals surface area contributed by atoms with Gasteiger partial charge in [-0.2, -0.15) is 0 Å². The monoisotopic (exact) mass is 157 g/mol. The molecule has 0 aliphatic heterocycles. The van der Waals surface area contributed by atoms with Gasteiger partial charge >= 0.3 is 0 Å². The van der Waals surface area contributed by atoms with Crippen molar-refractivity contribution >= 4 is 5.88 Å². The molecule has 5 nitrogen and oxygen atoms in total. The zero-order valence-corrected chi connectivity index (χ0v) is 6.82. The van der Waals surface area contributed by atoms with Gasteiger partial charge in [0.1, 0.15) is 0 Å². The van der Waals surface area contributed by atoms with Gasteiger partial charge in [0.2, 0.25) is 5.27 Å². The fourth-order valence-corrected chi connectivity index (χ4v) is 0.701. The van der Waals surface area contributed by atoms with Crippen molar-refractivity contribution in [1.29, 1.82) is 0 Å². The molecule has 0 spiro atoms. The van der Waals surface area contributed by atoms with Gasteiger partial charge in [0.05, 0.1) is 6.54 Å². The second-order valence-electron chi connectivity index (χ2n) is 2.67. The van der Waals surface area contributed by atoms with Crippen LogP contribution < -0.4 is 10.4 Å². The summed E-state index contributed by atoms with van der Waals surface area (Å²) in [6.07, 6.45) is 1.67. The first-order valence-electron chi connectivity index (χ1n) is 3.45. The predicted molar refractivity (Wildman–Crippen MR) is 39.7 cm³/mol. The third kappa shape index (κ3) is 2.55. The standard InChI is InChI=1S/C6H13N4O/c1-9(2)3-4-10-5-6(7)11-8-10/h5H,3-4,7H2,1-2H3/q+1. The first-order valence-corrected chi connectivity index (χ1v) is 3.45. The van der Waals surface area contributed by atoms with Crippen molar-refractivity contribution in [2.75, 3.05) is 26.4 Å². The molecule has 1 aromatic rings. The molecule has 11 heavy (non-hydrogen) atoms. The van der Waals surface area contributed by atoms with Crippen LogP contribution in [0.3, 0.4) is 0 Å². The number of nitrogen functional groups attached to an aromatic ring is 1. The van der Waals surface area contributed by atoms with Crippen LogP contribution in [0.5, 0.6) is 0 Å². The van der Waals surface area contributed by atoms with Gasteiger partial charge in [-0.05, 0) is 18.8 Å². The molecule has 0 aromatic carbocycles. The molecule has 0 fully saturated rings. The lowest BCUT2D eigenvalue weighted by atomic mass is 10.6. The second-order valence-corrected chi connectivity index (χ2v) is 2.67. The molecule has 0 saturated heterocycles. The van der Waals surface area contributed by atoms with E-state index in [4.69, 9.17) is 5.73 Å². The van der Waals surface area contributed by atoms with E-state index < -0.39 is 0 Å². The van der Waals surface area contributed by atoms with Gasteiger partial charge in [0.25, 0.3) is 12.1 Å². The maximum atomic E-state index is 5.32. The number of rotatable bonds is 3. The van der Waals surface area contributed by atoms with Crippen molar-refractivity contribution in [3.8, 4) is 0 Å². The summed E-state index contributed by atoms with van der Waals surface area (Å²) in [6.45, 7) is 1.73. The molecule has 0 amide bonds. The van der Waals surface area contributed by atoms with E-state index in [0.717, 1.165) is 13.1 Å². The van der Waals surface area contributed by atoms with Gasteiger partial charge in [0, 0.05) is 0 Å². The molecule has 0 saturated carbocycles. The van der Waals surface area contributed by atoms with Crippen molar-refractivity contribution in [2.24, 2.45) is 0 Å². The van der Waals surface area contributed by atoms with Crippen LogP contribution in [0.25, 0.3) is 0 Å². The molecule has 1 rings (SSSR count). The molecule has 0 unspecified atom stereocenters. The summed E-state index contributed by atoms with van der Waals surface area (Å²) in [5, 5.41) is 3.68. The summed E-state index contributed by atoms with van der Waals surface area (Å²) < 4.78 is 6.34. The van der Waals surface area contributed by atoms with E-state index in [9.17, 15) is 0 Å². The Hall–Kier alpha value is -1.10. The topological polar surface area (TPSA) is 59.2 Å². The molecule has 0 aliphatic rings. The number of anilines is 1. The quantitative estimate of drug-likeness (QED) is 0.578. The maximum absolute atomic E-state index is 5.32. The Morgan fingerprint density at radius 2 is 2.45 bits per heavy atom.